The molecule has 0 spiro atoms. The van der Waals surface area contributed by atoms with Crippen LogP contribution in [0, 0.1) is 0 Å². The first-order valence-corrected chi connectivity index (χ1v) is 7.98. The molecule has 0 bridgehead atoms. The van der Waals surface area contributed by atoms with Crippen LogP contribution in [-0.4, -0.2) is 23.1 Å². The standard InChI is InChI=1S/C16H18N2O2S/c1-10(14-7-4-8-21-14)18(2)15-12(16(19)20)9-11-5-3-6-13(11)17-15/h4,7-10H,3,5-6H2,1-2H3,(H,19,20). The molecule has 2 heterocycles. The Morgan fingerprint density at radius 1 is 1.48 bits per heavy atom. The van der Waals surface area contributed by atoms with Crippen molar-refractivity contribution < 1.29 is 9.90 Å². The van der Waals surface area contributed by atoms with E-state index in [1.54, 1.807) is 11.3 Å². The highest BCUT2D eigenvalue weighted by molar-refractivity contribution is 7.10. The number of fused-ring (bicyclic) bond motifs is 1. The van der Waals surface area contributed by atoms with Crippen LogP contribution in [0.5, 0.6) is 0 Å². The molecular weight excluding hydrogens is 284 g/mol. The van der Waals surface area contributed by atoms with Gasteiger partial charge in [-0.3, -0.25) is 0 Å². The van der Waals surface area contributed by atoms with E-state index in [0.29, 0.717) is 11.4 Å². The number of anilines is 1. The third-order valence-corrected chi connectivity index (χ3v) is 5.17. The quantitative estimate of drug-likeness (QED) is 0.938. The van der Waals surface area contributed by atoms with Gasteiger partial charge in [0.05, 0.1) is 6.04 Å². The molecule has 1 N–H and O–H groups in total. The molecule has 2 aromatic heterocycles. The molecule has 4 nitrogen and oxygen atoms in total. The molecule has 110 valence electrons. The Hall–Kier alpha value is -1.88. The van der Waals surface area contributed by atoms with Gasteiger partial charge in [0.1, 0.15) is 11.4 Å². The topological polar surface area (TPSA) is 53.4 Å². The Morgan fingerprint density at radius 2 is 2.29 bits per heavy atom. The first-order chi connectivity index (χ1) is 10.1. The number of carboxylic acid groups (broad SMARTS) is 1. The smallest absolute Gasteiger partial charge is 0.339 e. The van der Waals surface area contributed by atoms with Crippen LogP contribution in [0.15, 0.2) is 23.6 Å². The van der Waals surface area contributed by atoms with Gasteiger partial charge in [0, 0.05) is 17.6 Å². The number of carboxylic acids is 1. The van der Waals surface area contributed by atoms with Gasteiger partial charge in [-0.15, -0.1) is 11.3 Å². The average Bonchev–Trinajstić information content (AvgIpc) is 3.14. The normalized spacial score (nSPS) is 14.8. The molecule has 1 aliphatic rings. The lowest BCUT2D eigenvalue weighted by atomic mass is 10.1. The summed E-state index contributed by atoms with van der Waals surface area (Å²) in [5.41, 5.74) is 2.45. The van der Waals surface area contributed by atoms with Gasteiger partial charge in [-0.2, -0.15) is 0 Å². The second-order valence-electron chi connectivity index (χ2n) is 5.43. The first-order valence-electron chi connectivity index (χ1n) is 7.10. The molecular formula is C16H18N2O2S. The van der Waals surface area contributed by atoms with Gasteiger partial charge in [0.15, 0.2) is 0 Å². The number of aromatic carboxylic acids is 1. The summed E-state index contributed by atoms with van der Waals surface area (Å²) < 4.78 is 0. The summed E-state index contributed by atoms with van der Waals surface area (Å²) in [7, 11) is 1.92. The Bertz CT molecular complexity index is 667. The van der Waals surface area contributed by atoms with Crippen molar-refractivity contribution in [1.29, 1.82) is 0 Å². The number of thiophene rings is 1. The molecule has 5 heteroatoms. The van der Waals surface area contributed by atoms with Crippen LogP contribution in [0.25, 0.3) is 0 Å². The van der Waals surface area contributed by atoms with Crippen molar-refractivity contribution in [3.05, 3.63) is 45.3 Å². The highest BCUT2D eigenvalue weighted by atomic mass is 32.1. The van der Waals surface area contributed by atoms with Crippen LogP contribution >= 0.6 is 11.3 Å². The Balaban J connectivity index is 2.02. The van der Waals surface area contributed by atoms with Gasteiger partial charge < -0.3 is 10.0 Å². The Morgan fingerprint density at radius 3 is 2.95 bits per heavy atom. The number of aryl methyl sites for hydroxylation is 2. The molecule has 1 atom stereocenters. The number of pyridine rings is 1. The number of nitrogens with zero attached hydrogens (tertiary/aromatic N) is 2. The van der Waals surface area contributed by atoms with E-state index >= 15 is 0 Å². The average molecular weight is 302 g/mol. The van der Waals surface area contributed by atoms with Crippen molar-refractivity contribution in [2.24, 2.45) is 0 Å². The maximum absolute atomic E-state index is 11.6. The lowest BCUT2D eigenvalue weighted by Crippen LogP contribution is -2.25. The molecule has 3 rings (SSSR count). The molecule has 1 aliphatic carbocycles. The van der Waals surface area contributed by atoms with Gasteiger partial charge in [0.25, 0.3) is 0 Å². The summed E-state index contributed by atoms with van der Waals surface area (Å²) in [5, 5.41) is 11.5. The number of carbonyl (C=O) groups is 1. The maximum Gasteiger partial charge on any atom is 0.339 e. The molecule has 0 saturated carbocycles. The molecule has 0 amide bonds. The second-order valence-corrected chi connectivity index (χ2v) is 6.41. The van der Waals surface area contributed by atoms with E-state index in [4.69, 9.17) is 0 Å². The van der Waals surface area contributed by atoms with Gasteiger partial charge in [-0.25, -0.2) is 9.78 Å². The highest BCUT2D eigenvalue weighted by Gasteiger charge is 2.24. The molecule has 0 fully saturated rings. The minimum atomic E-state index is -0.905. The van der Waals surface area contributed by atoms with Crippen molar-refractivity contribution in [1.82, 2.24) is 4.98 Å². The molecule has 0 saturated heterocycles. The van der Waals surface area contributed by atoms with E-state index in [0.717, 1.165) is 30.5 Å². The fourth-order valence-corrected chi connectivity index (χ4v) is 3.62. The van der Waals surface area contributed by atoms with Crippen LogP contribution in [-0.2, 0) is 12.8 Å². The third kappa shape index (κ3) is 2.53. The molecule has 0 aliphatic heterocycles. The lowest BCUT2D eigenvalue weighted by Gasteiger charge is -2.27. The van der Waals surface area contributed by atoms with Crippen molar-refractivity contribution in [3.8, 4) is 0 Å². The van der Waals surface area contributed by atoms with Crippen molar-refractivity contribution >= 4 is 23.1 Å². The van der Waals surface area contributed by atoms with E-state index in [2.05, 4.69) is 18.0 Å². The third-order valence-electron chi connectivity index (χ3n) is 4.13. The van der Waals surface area contributed by atoms with E-state index in [9.17, 15) is 9.90 Å². The van der Waals surface area contributed by atoms with Crippen LogP contribution in [0.2, 0.25) is 0 Å². The van der Waals surface area contributed by atoms with Crippen molar-refractivity contribution in [3.63, 3.8) is 0 Å². The summed E-state index contributed by atoms with van der Waals surface area (Å²) in [6.45, 7) is 2.08. The predicted octanol–water partition coefficient (Wildman–Crippen LogP) is 3.53. The fourth-order valence-electron chi connectivity index (χ4n) is 2.79. The summed E-state index contributed by atoms with van der Waals surface area (Å²) in [4.78, 5) is 19.4. The van der Waals surface area contributed by atoms with Crippen LogP contribution in [0.4, 0.5) is 5.82 Å². The zero-order chi connectivity index (χ0) is 15.0. The fraction of sp³-hybridized carbons (Fsp3) is 0.375. The highest BCUT2D eigenvalue weighted by Crippen LogP contribution is 2.32. The van der Waals surface area contributed by atoms with E-state index < -0.39 is 5.97 Å². The molecule has 0 radical (unpaired) electrons. The Labute approximate surface area is 128 Å². The number of hydrogen-bond acceptors (Lipinski definition) is 4. The number of aromatic nitrogens is 1. The lowest BCUT2D eigenvalue weighted by molar-refractivity contribution is 0.0697. The summed E-state index contributed by atoms with van der Waals surface area (Å²) in [6.07, 6.45) is 2.95. The van der Waals surface area contributed by atoms with Crippen LogP contribution in [0.3, 0.4) is 0 Å². The zero-order valence-corrected chi connectivity index (χ0v) is 13.0. The van der Waals surface area contributed by atoms with Gasteiger partial charge in [0.2, 0.25) is 0 Å². The molecule has 0 aromatic carbocycles. The Kier molecular flexibility index (Phi) is 3.68. The van der Waals surface area contributed by atoms with Gasteiger partial charge >= 0.3 is 5.97 Å². The number of hydrogen-bond donors (Lipinski definition) is 1. The first kappa shape index (κ1) is 14.1. The van der Waals surface area contributed by atoms with E-state index in [1.165, 1.54) is 4.88 Å². The molecule has 2 aromatic rings. The van der Waals surface area contributed by atoms with Crippen LogP contribution < -0.4 is 4.90 Å². The van der Waals surface area contributed by atoms with Crippen molar-refractivity contribution in [2.45, 2.75) is 32.2 Å². The minimum Gasteiger partial charge on any atom is -0.478 e. The summed E-state index contributed by atoms with van der Waals surface area (Å²) in [6, 6.07) is 6.00. The van der Waals surface area contributed by atoms with Gasteiger partial charge in [-0.1, -0.05) is 6.07 Å². The second kappa shape index (κ2) is 5.48. The predicted molar refractivity (Wildman–Crippen MR) is 84.4 cm³/mol. The molecule has 1 unspecified atom stereocenters. The van der Waals surface area contributed by atoms with E-state index in [1.807, 2.05) is 29.5 Å². The number of rotatable bonds is 4. The largest absolute Gasteiger partial charge is 0.478 e. The summed E-state index contributed by atoms with van der Waals surface area (Å²) >= 11 is 1.68. The zero-order valence-electron chi connectivity index (χ0n) is 12.2. The monoisotopic (exact) mass is 302 g/mol. The summed E-state index contributed by atoms with van der Waals surface area (Å²) in [5.74, 6) is -0.332. The minimum absolute atomic E-state index is 0.107. The SMILES string of the molecule is CC(c1cccs1)N(C)c1nc2c(cc1C(=O)O)CCC2. The van der Waals surface area contributed by atoms with Crippen molar-refractivity contribution in [2.75, 3.05) is 11.9 Å². The van der Waals surface area contributed by atoms with Crippen LogP contribution in [0.1, 0.15) is 45.9 Å². The van der Waals surface area contributed by atoms with Gasteiger partial charge in [-0.05, 0) is 49.3 Å². The van der Waals surface area contributed by atoms with E-state index in [-0.39, 0.29) is 6.04 Å². The molecule has 21 heavy (non-hydrogen) atoms. The maximum atomic E-state index is 11.6.